The van der Waals surface area contributed by atoms with Crippen molar-refractivity contribution in [3.63, 3.8) is 0 Å². The van der Waals surface area contributed by atoms with Gasteiger partial charge in [0.1, 0.15) is 5.82 Å². The molecule has 33 heavy (non-hydrogen) atoms. The summed E-state index contributed by atoms with van der Waals surface area (Å²) in [5, 5.41) is 3.54. The van der Waals surface area contributed by atoms with E-state index in [1.165, 1.54) is 27.6 Å². The Labute approximate surface area is 197 Å². The lowest BCUT2D eigenvalue weighted by Gasteiger charge is -2.36. The Kier molecular flexibility index (Phi) is 6.38. The van der Waals surface area contributed by atoms with Crippen molar-refractivity contribution in [3.8, 4) is 0 Å². The molecule has 1 aliphatic heterocycles. The molecule has 1 fully saturated rings. The maximum atomic E-state index is 13.0. The fraction of sp³-hybridized carbons (Fsp3) is 0.333. The van der Waals surface area contributed by atoms with Gasteiger partial charge in [-0.1, -0.05) is 41.7 Å². The van der Waals surface area contributed by atoms with Gasteiger partial charge in [-0.15, -0.1) is 0 Å². The first-order valence-electron chi connectivity index (χ1n) is 11.6. The van der Waals surface area contributed by atoms with Gasteiger partial charge in [0.2, 0.25) is 0 Å². The molecular weight excluding hydrogens is 433 g/mol. The maximum Gasteiger partial charge on any atom is 0.186 e. The molecule has 2 heterocycles. The summed E-state index contributed by atoms with van der Waals surface area (Å²) in [6.07, 6.45) is 3.53. The molecule has 4 aromatic rings. The summed E-state index contributed by atoms with van der Waals surface area (Å²) >= 11 is 1.77. The lowest BCUT2D eigenvalue weighted by atomic mass is 10.0. The van der Waals surface area contributed by atoms with E-state index >= 15 is 0 Å². The second kappa shape index (κ2) is 9.57. The van der Waals surface area contributed by atoms with E-state index in [0.29, 0.717) is 18.0 Å². The highest BCUT2D eigenvalue weighted by molar-refractivity contribution is 7.22. The van der Waals surface area contributed by atoms with E-state index in [9.17, 15) is 9.18 Å². The number of hydrogen-bond donors (Lipinski definition) is 0. The summed E-state index contributed by atoms with van der Waals surface area (Å²) in [7, 11) is 2.17. The number of ketones is 1. The number of likely N-dealkylation sites (tertiary alicyclic amines) is 1. The van der Waals surface area contributed by atoms with Crippen molar-refractivity contribution in [2.75, 3.05) is 31.6 Å². The Morgan fingerprint density at radius 1 is 1.09 bits per heavy atom. The van der Waals surface area contributed by atoms with E-state index in [1.807, 2.05) is 0 Å². The van der Waals surface area contributed by atoms with Gasteiger partial charge < -0.3 is 9.80 Å². The number of rotatable bonds is 7. The Hall–Kier alpha value is -2.83. The predicted octanol–water partition coefficient (Wildman–Crippen LogP) is 6.15. The van der Waals surface area contributed by atoms with E-state index in [-0.39, 0.29) is 11.6 Å². The molecule has 170 valence electrons. The molecule has 0 spiro atoms. The van der Waals surface area contributed by atoms with E-state index in [0.717, 1.165) is 49.5 Å². The van der Waals surface area contributed by atoms with Gasteiger partial charge in [-0.05, 0) is 61.5 Å². The van der Waals surface area contributed by atoms with Crippen LogP contribution in [0.2, 0.25) is 0 Å². The molecule has 0 amide bonds. The SMILES string of the molecule is CN(c1nc2c(ccc3ccccc32)s1)C1CCN(CCCC(=O)c2ccc(F)cc2)CC1. The smallest absolute Gasteiger partial charge is 0.186 e. The van der Waals surface area contributed by atoms with Gasteiger partial charge in [0.15, 0.2) is 10.9 Å². The molecule has 0 atom stereocenters. The zero-order chi connectivity index (χ0) is 22.8. The third-order valence-electron chi connectivity index (χ3n) is 6.72. The van der Waals surface area contributed by atoms with Crippen molar-refractivity contribution in [3.05, 3.63) is 72.0 Å². The minimum atomic E-state index is -0.307. The summed E-state index contributed by atoms with van der Waals surface area (Å²) in [6.45, 7) is 3.00. The summed E-state index contributed by atoms with van der Waals surface area (Å²) < 4.78 is 14.3. The number of halogens is 1. The first kappa shape index (κ1) is 22.0. The maximum absolute atomic E-state index is 13.0. The normalized spacial score (nSPS) is 15.3. The fourth-order valence-corrected chi connectivity index (χ4v) is 5.75. The molecule has 0 unspecified atom stereocenters. The molecule has 4 nitrogen and oxygen atoms in total. The third kappa shape index (κ3) is 4.77. The number of carbonyl (C=O) groups is 1. The van der Waals surface area contributed by atoms with Crippen LogP contribution in [0.25, 0.3) is 21.0 Å². The van der Waals surface area contributed by atoms with E-state index in [2.05, 4.69) is 53.2 Å². The van der Waals surface area contributed by atoms with Crippen LogP contribution in [-0.2, 0) is 0 Å². The van der Waals surface area contributed by atoms with E-state index < -0.39 is 0 Å². The molecule has 0 radical (unpaired) electrons. The van der Waals surface area contributed by atoms with Gasteiger partial charge in [-0.2, -0.15) is 0 Å². The van der Waals surface area contributed by atoms with Crippen molar-refractivity contribution in [1.82, 2.24) is 9.88 Å². The van der Waals surface area contributed by atoms with Crippen LogP contribution < -0.4 is 4.90 Å². The molecule has 0 saturated carbocycles. The second-order valence-electron chi connectivity index (χ2n) is 8.85. The Bertz CT molecular complexity index is 1260. The van der Waals surface area contributed by atoms with Gasteiger partial charge in [0, 0.05) is 43.5 Å². The van der Waals surface area contributed by atoms with Crippen LogP contribution in [0.4, 0.5) is 9.52 Å². The van der Waals surface area contributed by atoms with Crippen molar-refractivity contribution in [1.29, 1.82) is 0 Å². The number of nitrogens with zero attached hydrogens (tertiary/aromatic N) is 3. The number of carbonyl (C=O) groups excluding carboxylic acids is 1. The standard InChI is InChI=1S/C27H28FN3OS/c1-30(27-29-26-23-6-3-2-5-19(23)10-13-25(26)33-27)22-14-17-31(18-15-22)16-4-7-24(32)20-8-11-21(28)12-9-20/h2-3,5-6,8-13,22H,4,7,14-18H2,1H3. The molecule has 0 aliphatic carbocycles. The zero-order valence-electron chi connectivity index (χ0n) is 18.8. The summed E-state index contributed by atoms with van der Waals surface area (Å²) in [5.74, 6) is -0.216. The number of Topliss-reactive ketones (excluding diaryl/α,β-unsaturated/α-hetero) is 1. The molecule has 1 aliphatic rings. The number of piperidine rings is 1. The van der Waals surface area contributed by atoms with Gasteiger partial charge in [0.25, 0.3) is 0 Å². The monoisotopic (exact) mass is 461 g/mol. The average molecular weight is 462 g/mol. The minimum Gasteiger partial charge on any atom is -0.348 e. The second-order valence-corrected chi connectivity index (χ2v) is 9.86. The predicted molar refractivity (Wildman–Crippen MR) is 135 cm³/mol. The first-order valence-corrected chi connectivity index (χ1v) is 12.4. The number of fused-ring (bicyclic) bond motifs is 3. The highest BCUT2D eigenvalue weighted by Gasteiger charge is 2.24. The Morgan fingerprint density at radius 3 is 2.64 bits per heavy atom. The highest BCUT2D eigenvalue weighted by atomic mass is 32.1. The van der Waals surface area contributed by atoms with Crippen LogP contribution in [0, 0.1) is 5.82 Å². The van der Waals surface area contributed by atoms with Crippen molar-refractivity contribution < 1.29 is 9.18 Å². The summed E-state index contributed by atoms with van der Waals surface area (Å²) in [6, 6.07) is 19.1. The fourth-order valence-electron chi connectivity index (χ4n) is 4.73. The third-order valence-corrected chi connectivity index (χ3v) is 7.83. The molecule has 5 rings (SSSR count). The number of benzene rings is 3. The Balaban J connectivity index is 1.14. The van der Waals surface area contributed by atoms with Gasteiger partial charge >= 0.3 is 0 Å². The van der Waals surface area contributed by atoms with Crippen LogP contribution in [-0.4, -0.2) is 48.4 Å². The topological polar surface area (TPSA) is 36.4 Å². The quantitative estimate of drug-likeness (QED) is 0.309. The van der Waals surface area contributed by atoms with Crippen LogP contribution in [0.15, 0.2) is 60.7 Å². The van der Waals surface area contributed by atoms with Crippen molar-refractivity contribution in [2.24, 2.45) is 0 Å². The summed E-state index contributed by atoms with van der Waals surface area (Å²) in [5.41, 5.74) is 1.70. The van der Waals surface area contributed by atoms with Gasteiger partial charge in [-0.3, -0.25) is 4.79 Å². The van der Waals surface area contributed by atoms with Gasteiger partial charge in [-0.25, -0.2) is 9.37 Å². The lowest BCUT2D eigenvalue weighted by molar-refractivity contribution is 0.0972. The van der Waals surface area contributed by atoms with Crippen LogP contribution in [0.3, 0.4) is 0 Å². The molecule has 0 N–H and O–H groups in total. The number of aromatic nitrogens is 1. The van der Waals surface area contributed by atoms with E-state index in [1.54, 1.807) is 23.5 Å². The van der Waals surface area contributed by atoms with Crippen LogP contribution >= 0.6 is 11.3 Å². The summed E-state index contributed by atoms with van der Waals surface area (Å²) in [4.78, 5) is 22.1. The van der Waals surface area contributed by atoms with Crippen molar-refractivity contribution >= 4 is 43.2 Å². The largest absolute Gasteiger partial charge is 0.348 e. The van der Waals surface area contributed by atoms with Gasteiger partial charge in [0.05, 0.1) is 10.2 Å². The molecular formula is C27H28FN3OS. The lowest BCUT2D eigenvalue weighted by Crippen LogP contribution is -2.43. The van der Waals surface area contributed by atoms with E-state index in [4.69, 9.17) is 4.98 Å². The number of anilines is 1. The van der Waals surface area contributed by atoms with Crippen molar-refractivity contribution in [2.45, 2.75) is 31.7 Å². The first-order chi connectivity index (χ1) is 16.1. The van der Waals surface area contributed by atoms with Crippen LogP contribution in [0.1, 0.15) is 36.0 Å². The minimum absolute atomic E-state index is 0.0907. The number of thiazole rings is 1. The molecule has 6 heteroatoms. The zero-order valence-corrected chi connectivity index (χ0v) is 19.7. The molecule has 3 aromatic carbocycles. The average Bonchev–Trinajstić information content (AvgIpc) is 3.29. The number of hydrogen-bond acceptors (Lipinski definition) is 5. The molecule has 0 bridgehead atoms. The molecule has 1 saturated heterocycles. The molecule has 1 aromatic heterocycles. The van der Waals surface area contributed by atoms with Crippen LogP contribution in [0.5, 0.6) is 0 Å². The highest BCUT2D eigenvalue weighted by Crippen LogP contribution is 2.34. The Morgan fingerprint density at radius 2 is 1.85 bits per heavy atom.